The van der Waals surface area contributed by atoms with Crippen molar-refractivity contribution in [2.45, 2.75) is 49.9 Å². The minimum Gasteiger partial charge on any atom is -0.508 e. The number of amides is 1. The van der Waals surface area contributed by atoms with E-state index >= 15 is 0 Å². The van der Waals surface area contributed by atoms with Crippen LogP contribution in [0.1, 0.15) is 41.6 Å². The third-order valence-corrected chi connectivity index (χ3v) is 7.81. The molecule has 5 rings (SSSR count). The second kappa shape index (κ2) is 10.5. The summed E-state index contributed by atoms with van der Waals surface area (Å²) < 4.78 is 12.1. The first kappa shape index (κ1) is 25.1. The number of likely N-dealkylation sites (tertiary alicyclic amines) is 2. The van der Waals surface area contributed by atoms with E-state index in [0.29, 0.717) is 18.7 Å². The van der Waals surface area contributed by atoms with Gasteiger partial charge >= 0.3 is 0 Å². The van der Waals surface area contributed by atoms with E-state index in [9.17, 15) is 20.1 Å². The number of benzene rings is 2. The van der Waals surface area contributed by atoms with Crippen LogP contribution in [0.2, 0.25) is 5.02 Å². The average Bonchev–Trinajstić information content (AvgIpc) is 3.48. The number of fused-ring (bicyclic) bond motifs is 1. The number of phenols is 1. The van der Waals surface area contributed by atoms with Gasteiger partial charge in [-0.05, 0) is 48.7 Å². The first-order valence-electron chi connectivity index (χ1n) is 12.6. The van der Waals surface area contributed by atoms with Crippen LogP contribution in [0.3, 0.4) is 0 Å². The number of aromatic hydroxyl groups is 1. The topological polar surface area (TPSA) is 103 Å². The van der Waals surface area contributed by atoms with Crippen LogP contribution in [0.5, 0.6) is 17.2 Å². The molecule has 2 saturated heterocycles. The molecule has 0 radical (unpaired) electrons. The van der Waals surface area contributed by atoms with Gasteiger partial charge in [-0.2, -0.15) is 0 Å². The molecule has 0 aliphatic carbocycles. The van der Waals surface area contributed by atoms with Crippen LogP contribution in [0, 0.1) is 0 Å². The molecular formula is C27H33ClN2O6. The third kappa shape index (κ3) is 5.27. The maximum Gasteiger partial charge on any atom is 0.257 e. The van der Waals surface area contributed by atoms with Crippen LogP contribution in [-0.2, 0) is 6.42 Å². The highest BCUT2D eigenvalue weighted by molar-refractivity contribution is 6.30. The van der Waals surface area contributed by atoms with Gasteiger partial charge in [-0.3, -0.25) is 4.79 Å². The molecule has 194 valence electrons. The molecule has 2 fully saturated rings. The van der Waals surface area contributed by atoms with Gasteiger partial charge in [-0.1, -0.05) is 11.6 Å². The maximum atomic E-state index is 13.1. The van der Waals surface area contributed by atoms with Gasteiger partial charge in [0.25, 0.3) is 5.91 Å². The minimum atomic E-state index is -0.762. The Morgan fingerprint density at radius 3 is 2.78 bits per heavy atom. The minimum absolute atomic E-state index is 0.00472. The number of β-amino-alcohol motifs (C(OH)–C–C–N with tert-alkyl or cyclic N) is 1. The van der Waals surface area contributed by atoms with Crippen LogP contribution < -0.4 is 9.47 Å². The van der Waals surface area contributed by atoms with E-state index in [1.54, 1.807) is 4.90 Å². The number of hydrogen-bond acceptors (Lipinski definition) is 7. The van der Waals surface area contributed by atoms with Crippen LogP contribution in [0.4, 0.5) is 0 Å². The summed E-state index contributed by atoms with van der Waals surface area (Å²) in [6.07, 6.45) is 3.41. The van der Waals surface area contributed by atoms with Gasteiger partial charge in [-0.25, -0.2) is 0 Å². The average molecular weight is 517 g/mol. The molecule has 0 aromatic heterocycles. The van der Waals surface area contributed by atoms with Crippen molar-refractivity contribution in [1.82, 2.24) is 9.80 Å². The number of halogens is 1. The summed E-state index contributed by atoms with van der Waals surface area (Å²) in [7, 11) is 0. The predicted molar refractivity (Wildman–Crippen MR) is 135 cm³/mol. The zero-order valence-electron chi connectivity index (χ0n) is 20.2. The van der Waals surface area contributed by atoms with Crippen molar-refractivity contribution in [3.05, 3.63) is 52.5 Å². The summed E-state index contributed by atoms with van der Waals surface area (Å²) in [6.45, 7) is 2.52. The van der Waals surface area contributed by atoms with Crippen molar-refractivity contribution in [3.63, 3.8) is 0 Å². The zero-order valence-corrected chi connectivity index (χ0v) is 21.0. The Hall–Kier alpha value is -2.52. The van der Waals surface area contributed by atoms with E-state index in [4.69, 9.17) is 21.1 Å². The molecule has 0 saturated carbocycles. The number of carbonyl (C=O) groups excluding carboxylic acids is 1. The van der Waals surface area contributed by atoms with E-state index in [0.717, 1.165) is 61.5 Å². The van der Waals surface area contributed by atoms with Crippen molar-refractivity contribution in [3.8, 4) is 17.2 Å². The lowest BCUT2D eigenvalue weighted by Crippen LogP contribution is -2.49. The molecular weight excluding hydrogens is 484 g/mol. The molecule has 8 nitrogen and oxygen atoms in total. The molecule has 3 aliphatic rings. The summed E-state index contributed by atoms with van der Waals surface area (Å²) in [6, 6.07) is 9.94. The van der Waals surface area contributed by atoms with Crippen LogP contribution in [0.25, 0.3) is 0 Å². The molecule has 2 aromatic rings. The Morgan fingerprint density at radius 1 is 1.19 bits per heavy atom. The van der Waals surface area contributed by atoms with Gasteiger partial charge < -0.3 is 34.6 Å². The molecule has 3 aliphatic heterocycles. The standard InChI is InChI=1S/C27H33ClN2O6/c28-19-3-6-24-18(12-19)14-27(36-24)7-10-29(11-8-27)15-22(33)17-35-25-13-21(32)4-5-23(25)26(34)30-9-1-2-20(30)16-31/h3-6,12-13,20,22,31-33H,1-2,7-11,14-17H2/t20-,22-/m1/s1. The van der Waals surface area contributed by atoms with E-state index in [2.05, 4.69) is 4.90 Å². The molecule has 0 bridgehead atoms. The van der Waals surface area contributed by atoms with E-state index < -0.39 is 6.10 Å². The van der Waals surface area contributed by atoms with Crippen molar-refractivity contribution in [2.24, 2.45) is 0 Å². The zero-order chi connectivity index (χ0) is 25.3. The van der Waals surface area contributed by atoms with Crippen LogP contribution in [-0.4, -0.2) is 88.2 Å². The fraction of sp³-hybridized carbons (Fsp3) is 0.519. The fourth-order valence-electron chi connectivity index (χ4n) is 5.62. The number of carbonyl (C=O) groups is 1. The number of nitrogens with zero attached hydrogens (tertiary/aromatic N) is 2. The molecule has 0 unspecified atom stereocenters. The molecule has 2 atom stereocenters. The first-order chi connectivity index (χ1) is 17.4. The van der Waals surface area contributed by atoms with E-state index in [-0.39, 0.29) is 42.3 Å². The SMILES string of the molecule is O=C(c1ccc(O)cc1OC[C@H](O)CN1CCC2(CC1)Cc1cc(Cl)ccc1O2)N1CCC[C@@H]1CO. The molecule has 9 heteroatoms. The van der Waals surface area contributed by atoms with Gasteiger partial charge in [0.1, 0.15) is 35.6 Å². The molecule has 3 N–H and O–H groups in total. The Labute approximate surface area is 216 Å². The lowest BCUT2D eigenvalue weighted by molar-refractivity contribution is -0.00203. The second-order valence-corrected chi connectivity index (χ2v) is 10.6. The lowest BCUT2D eigenvalue weighted by atomic mass is 9.87. The van der Waals surface area contributed by atoms with Gasteiger partial charge in [0, 0.05) is 56.5 Å². The number of aliphatic hydroxyl groups is 2. The molecule has 2 aromatic carbocycles. The van der Waals surface area contributed by atoms with Crippen LogP contribution in [0.15, 0.2) is 36.4 Å². The van der Waals surface area contributed by atoms with Gasteiger partial charge in [0.15, 0.2) is 0 Å². The Bertz CT molecular complexity index is 1100. The summed E-state index contributed by atoms with van der Waals surface area (Å²) >= 11 is 6.14. The number of piperidine rings is 1. The van der Waals surface area contributed by atoms with Crippen molar-refractivity contribution in [2.75, 3.05) is 39.4 Å². The smallest absolute Gasteiger partial charge is 0.257 e. The molecule has 3 heterocycles. The number of phenolic OH excluding ortho intramolecular Hbond substituents is 1. The first-order valence-corrected chi connectivity index (χ1v) is 13.0. The fourth-order valence-corrected chi connectivity index (χ4v) is 5.81. The Kier molecular flexibility index (Phi) is 7.30. The highest BCUT2D eigenvalue weighted by Crippen LogP contribution is 2.42. The number of ether oxygens (including phenoxy) is 2. The number of aliphatic hydroxyl groups excluding tert-OH is 2. The maximum absolute atomic E-state index is 13.1. The summed E-state index contributed by atoms with van der Waals surface area (Å²) in [5.74, 6) is 0.889. The molecule has 1 amide bonds. The van der Waals surface area contributed by atoms with Gasteiger partial charge in [0.2, 0.25) is 0 Å². The van der Waals surface area contributed by atoms with Crippen molar-refractivity contribution >= 4 is 17.5 Å². The summed E-state index contributed by atoms with van der Waals surface area (Å²) in [5.41, 5.74) is 1.27. The predicted octanol–water partition coefficient (Wildman–Crippen LogP) is 2.85. The number of hydrogen-bond donors (Lipinski definition) is 3. The van der Waals surface area contributed by atoms with Crippen LogP contribution >= 0.6 is 11.6 Å². The third-order valence-electron chi connectivity index (χ3n) is 7.57. The second-order valence-electron chi connectivity index (χ2n) is 10.1. The largest absolute Gasteiger partial charge is 0.508 e. The summed E-state index contributed by atoms with van der Waals surface area (Å²) in [4.78, 5) is 16.9. The monoisotopic (exact) mass is 516 g/mol. The quantitative estimate of drug-likeness (QED) is 0.520. The Morgan fingerprint density at radius 2 is 2.00 bits per heavy atom. The van der Waals surface area contributed by atoms with Crippen molar-refractivity contribution in [1.29, 1.82) is 0 Å². The number of rotatable bonds is 7. The molecule has 36 heavy (non-hydrogen) atoms. The van der Waals surface area contributed by atoms with Crippen molar-refractivity contribution < 1.29 is 29.6 Å². The Balaban J connectivity index is 1.14. The summed E-state index contributed by atoms with van der Waals surface area (Å²) in [5, 5.41) is 30.9. The van der Waals surface area contributed by atoms with Gasteiger partial charge in [-0.15, -0.1) is 0 Å². The highest BCUT2D eigenvalue weighted by atomic mass is 35.5. The van der Waals surface area contributed by atoms with E-state index in [1.165, 1.54) is 18.2 Å². The normalized spacial score (nSPS) is 21.9. The lowest BCUT2D eigenvalue weighted by Gasteiger charge is -2.39. The van der Waals surface area contributed by atoms with Gasteiger partial charge in [0.05, 0.1) is 18.2 Å². The molecule has 1 spiro atoms. The highest BCUT2D eigenvalue weighted by Gasteiger charge is 2.42. The van der Waals surface area contributed by atoms with E-state index in [1.807, 2.05) is 18.2 Å².